The summed E-state index contributed by atoms with van der Waals surface area (Å²) in [6.07, 6.45) is -2.59. The van der Waals surface area contributed by atoms with E-state index in [-0.39, 0.29) is 6.04 Å². The third-order valence-corrected chi connectivity index (χ3v) is 2.85. The maximum Gasteiger partial charge on any atom is 0.145 e. The second kappa shape index (κ2) is 2.40. The first kappa shape index (κ1) is 8.40. The number of aliphatic hydroxyl groups excluding tert-OH is 3. The predicted molar refractivity (Wildman–Crippen MR) is 39.1 cm³/mol. The van der Waals surface area contributed by atoms with Crippen LogP contribution in [0.25, 0.3) is 0 Å². The number of hydrogen-bond acceptors (Lipinski definition) is 5. The quantitative estimate of drug-likeness (QED) is 0.281. The molecule has 0 amide bonds. The van der Waals surface area contributed by atoms with Gasteiger partial charge in [0.05, 0.1) is 6.10 Å². The van der Waals surface area contributed by atoms with Crippen LogP contribution in [0.1, 0.15) is 12.8 Å². The van der Waals surface area contributed by atoms with Crippen molar-refractivity contribution < 1.29 is 20.4 Å². The summed E-state index contributed by atoms with van der Waals surface area (Å²) < 4.78 is 0. The van der Waals surface area contributed by atoms with Crippen LogP contribution in [0, 0.1) is 0 Å². The lowest BCUT2D eigenvalue weighted by Crippen LogP contribution is -2.67. The van der Waals surface area contributed by atoms with Crippen LogP contribution in [-0.4, -0.2) is 50.5 Å². The molecule has 1 unspecified atom stereocenters. The van der Waals surface area contributed by atoms with Crippen LogP contribution in [-0.2, 0) is 0 Å². The Balaban J connectivity index is 2.25. The third-order valence-electron chi connectivity index (χ3n) is 2.85. The Hall–Kier alpha value is -0.200. The normalized spacial score (nSPS) is 59.0. The van der Waals surface area contributed by atoms with E-state index < -0.39 is 24.0 Å². The van der Waals surface area contributed by atoms with E-state index in [4.69, 9.17) is 0 Å². The first-order chi connectivity index (χ1) is 5.54. The highest BCUT2D eigenvalue weighted by atomic mass is 16.4. The van der Waals surface area contributed by atoms with Gasteiger partial charge in [0.25, 0.3) is 0 Å². The summed E-state index contributed by atoms with van der Waals surface area (Å²) in [6.45, 7) is 0. The van der Waals surface area contributed by atoms with Gasteiger partial charge in [0.2, 0.25) is 0 Å². The van der Waals surface area contributed by atoms with Crippen molar-refractivity contribution in [3.8, 4) is 0 Å². The van der Waals surface area contributed by atoms with Crippen LogP contribution >= 0.6 is 0 Å². The fraction of sp³-hybridized carbons (Fsp3) is 1.00. The molecule has 5 nitrogen and oxygen atoms in total. The molecule has 5 atom stereocenters. The molecule has 2 aliphatic heterocycles. The number of fused-ring (bicyclic) bond motifs is 2. The summed E-state index contributed by atoms with van der Waals surface area (Å²) in [6, 6.07) is -0.298. The first-order valence-corrected chi connectivity index (χ1v) is 4.09. The van der Waals surface area contributed by atoms with Gasteiger partial charge in [0.15, 0.2) is 0 Å². The molecule has 0 aromatic carbocycles. The summed E-state index contributed by atoms with van der Waals surface area (Å²) in [5.41, 5.74) is -1.40. The molecular weight excluding hydrogens is 162 g/mol. The monoisotopic (exact) mass is 175 g/mol. The van der Waals surface area contributed by atoms with Gasteiger partial charge in [-0.2, -0.15) is 0 Å². The molecule has 2 saturated heterocycles. The molecule has 5 heteroatoms. The molecule has 12 heavy (non-hydrogen) atoms. The molecule has 2 bridgehead atoms. The summed E-state index contributed by atoms with van der Waals surface area (Å²) in [4.78, 5) is 0. The molecule has 70 valence electrons. The maximum atomic E-state index is 9.65. The summed E-state index contributed by atoms with van der Waals surface area (Å²) >= 11 is 0. The number of piperidine rings is 1. The Labute approximate surface area is 69.6 Å². The molecule has 0 aliphatic carbocycles. The standard InChI is InChI=1S/C7H13NO4/c9-4-3-1-2-7(12,8-3)6(11)5(4)10/h3-6,8-12H,1-2H2/t3-,4-,5-,6-,7?/m0/s1. The van der Waals surface area contributed by atoms with Crippen molar-refractivity contribution in [1.29, 1.82) is 0 Å². The van der Waals surface area contributed by atoms with Crippen LogP contribution in [0.15, 0.2) is 0 Å². The smallest absolute Gasteiger partial charge is 0.145 e. The lowest BCUT2D eigenvalue weighted by Gasteiger charge is -2.40. The van der Waals surface area contributed by atoms with E-state index in [2.05, 4.69) is 5.32 Å². The average Bonchev–Trinajstić information content (AvgIpc) is 2.41. The molecule has 0 spiro atoms. The molecule has 0 radical (unpaired) electrons. The van der Waals surface area contributed by atoms with Crippen molar-refractivity contribution in [2.75, 3.05) is 0 Å². The third kappa shape index (κ3) is 0.915. The van der Waals surface area contributed by atoms with Crippen LogP contribution in [0.3, 0.4) is 0 Å². The van der Waals surface area contributed by atoms with Gasteiger partial charge in [-0.1, -0.05) is 0 Å². The minimum Gasteiger partial charge on any atom is -0.389 e. The van der Waals surface area contributed by atoms with Gasteiger partial charge in [-0.05, 0) is 12.8 Å². The second-order valence-corrected chi connectivity index (χ2v) is 3.64. The molecule has 2 rings (SSSR count). The fourth-order valence-electron chi connectivity index (χ4n) is 2.04. The molecule has 5 N–H and O–H groups in total. The van der Waals surface area contributed by atoms with E-state index in [0.717, 1.165) is 0 Å². The highest BCUT2D eigenvalue weighted by Crippen LogP contribution is 2.34. The summed E-state index contributed by atoms with van der Waals surface area (Å²) in [5.74, 6) is 0. The van der Waals surface area contributed by atoms with E-state index >= 15 is 0 Å². The maximum absolute atomic E-state index is 9.65. The van der Waals surface area contributed by atoms with Gasteiger partial charge in [-0.3, -0.25) is 5.32 Å². The number of nitrogens with one attached hydrogen (secondary N) is 1. The van der Waals surface area contributed by atoms with Gasteiger partial charge in [0, 0.05) is 6.04 Å². The highest BCUT2D eigenvalue weighted by molar-refractivity contribution is 5.07. The molecule has 2 fully saturated rings. The van der Waals surface area contributed by atoms with E-state index in [1.165, 1.54) is 0 Å². The second-order valence-electron chi connectivity index (χ2n) is 3.64. The Morgan fingerprint density at radius 1 is 1.17 bits per heavy atom. The predicted octanol–water partition coefficient (Wildman–Crippen LogP) is -2.48. The zero-order chi connectivity index (χ0) is 8.93. The van der Waals surface area contributed by atoms with Crippen molar-refractivity contribution >= 4 is 0 Å². The van der Waals surface area contributed by atoms with Gasteiger partial charge in [-0.25, -0.2) is 0 Å². The van der Waals surface area contributed by atoms with Gasteiger partial charge < -0.3 is 20.4 Å². The molecule has 0 aromatic rings. The zero-order valence-corrected chi connectivity index (χ0v) is 6.51. The van der Waals surface area contributed by atoms with Crippen LogP contribution in [0.5, 0.6) is 0 Å². The van der Waals surface area contributed by atoms with Crippen LogP contribution in [0.4, 0.5) is 0 Å². The lowest BCUT2D eigenvalue weighted by molar-refractivity contribution is -0.186. The molecule has 0 saturated carbocycles. The summed E-state index contributed by atoms with van der Waals surface area (Å²) in [5, 5.41) is 40.4. The van der Waals surface area contributed by atoms with Crippen molar-refractivity contribution in [1.82, 2.24) is 5.32 Å². The van der Waals surface area contributed by atoms with Gasteiger partial charge >= 0.3 is 0 Å². The molecular formula is C7H13NO4. The SMILES string of the molecule is O[C@@H]1[C@H](O)[C@H](O)C2(O)CC[C@@H]1N2. The Morgan fingerprint density at radius 3 is 2.50 bits per heavy atom. The minimum atomic E-state index is -1.40. The van der Waals surface area contributed by atoms with Gasteiger partial charge in [-0.15, -0.1) is 0 Å². The number of hydrogen-bond donors (Lipinski definition) is 5. The average molecular weight is 175 g/mol. The summed E-state index contributed by atoms with van der Waals surface area (Å²) in [7, 11) is 0. The van der Waals surface area contributed by atoms with Crippen LogP contribution in [0.2, 0.25) is 0 Å². The lowest BCUT2D eigenvalue weighted by atomic mass is 9.94. The zero-order valence-electron chi connectivity index (χ0n) is 6.51. The molecule has 2 aliphatic rings. The fourth-order valence-corrected chi connectivity index (χ4v) is 2.04. The first-order valence-electron chi connectivity index (χ1n) is 4.09. The molecule has 2 heterocycles. The topological polar surface area (TPSA) is 93.0 Å². The van der Waals surface area contributed by atoms with E-state index in [1.54, 1.807) is 0 Å². The van der Waals surface area contributed by atoms with E-state index in [0.29, 0.717) is 12.8 Å². The van der Waals surface area contributed by atoms with Gasteiger partial charge in [0.1, 0.15) is 17.9 Å². The van der Waals surface area contributed by atoms with Crippen molar-refractivity contribution in [3.63, 3.8) is 0 Å². The van der Waals surface area contributed by atoms with Crippen molar-refractivity contribution in [2.45, 2.75) is 42.9 Å². The molecule has 0 aromatic heterocycles. The minimum absolute atomic E-state index is 0.298. The Bertz CT molecular complexity index is 200. The van der Waals surface area contributed by atoms with Crippen molar-refractivity contribution in [2.24, 2.45) is 0 Å². The number of rotatable bonds is 0. The van der Waals surface area contributed by atoms with Crippen LogP contribution < -0.4 is 5.32 Å². The van der Waals surface area contributed by atoms with E-state index in [1.807, 2.05) is 0 Å². The highest BCUT2D eigenvalue weighted by Gasteiger charge is 2.55. The largest absolute Gasteiger partial charge is 0.389 e. The Kier molecular flexibility index (Phi) is 1.68. The van der Waals surface area contributed by atoms with Crippen molar-refractivity contribution in [3.05, 3.63) is 0 Å². The Morgan fingerprint density at radius 2 is 1.83 bits per heavy atom. The number of aliphatic hydroxyl groups is 4. The van der Waals surface area contributed by atoms with E-state index in [9.17, 15) is 20.4 Å².